The molecule has 0 amide bonds. The Hall–Kier alpha value is -1.17. The van der Waals surface area contributed by atoms with Crippen molar-refractivity contribution in [1.29, 1.82) is 0 Å². The van der Waals surface area contributed by atoms with E-state index < -0.39 is 7.26 Å². The summed E-state index contributed by atoms with van der Waals surface area (Å²) in [4.78, 5) is 0. The van der Waals surface area contributed by atoms with Gasteiger partial charge in [0.25, 0.3) is 0 Å². The molecule has 0 spiro atoms. The normalized spacial score (nSPS) is 16.9. The number of hydrogen-bond acceptors (Lipinski definition) is 1. The maximum atomic E-state index is 5.57. The van der Waals surface area contributed by atoms with Crippen LogP contribution >= 0.6 is 7.26 Å². The zero-order valence-electron chi connectivity index (χ0n) is 12.3. The molecule has 0 aromatic heterocycles. The van der Waals surface area contributed by atoms with Crippen molar-refractivity contribution in [2.24, 2.45) is 0 Å². The zero-order valence-corrected chi connectivity index (χ0v) is 13.3. The molecule has 1 heterocycles. The minimum absolute atomic E-state index is 0.668. The Balaban J connectivity index is 2.20. The molecule has 106 valence electrons. The van der Waals surface area contributed by atoms with Gasteiger partial charge in [-0.3, -0.25) is 0 Å². The zero-order chi connectivity index (χ0) is 14.0. The molecular weight excluding hydrogens is 263 g/mol. The molecule has 0 N–H and O–H groups in total. The van der Waals surface area contributed by atoms with Gasteiger partial charge in [-0.25, -0.2) is 0 Å². The number of benzene rings is 2. The van der Waals surface area contributed by atoms with Crippen molar-refractivity contribution in [1.82, 2.24) is 0 Å². The van der Waals surface area contributed by atoms with Crippen LogP contribution in [0.15, 0.2) is 60.7 Å². The van der Waals surface area contributed by atoms with E-state index in [4.69, 9.17) is 4.74 Å². The van der Waals surface area contributed by atoms with E-state index in [0.29, 0.717) is 11.3 Å². The van der Waals surface area contributed by atoms with Crippen molar-refractivity contribution < 1.29 is 4.74 Å². The molecule has 0 saturated carbocycles. The summed E-state index contributed by atoms with van der Waals surface area (Å²) >= 11 is 0. The average Bonchev–Trinajstić information content (AvgIpc) is 2.44. The van der Waals surface area contributed by atoms with E-state index >= 15 is 0 Å². The molecule has 0 atom stereocenters. The standard InChI is InChI=1S/C18H23OP/c1-15(2)20(18-13-19-14-18,16-9-5-3-6-10-16)17-11-7-4-8-12-17/h3-12,15,18,20H,13-14H2,1-2H3. The van der Waals surface area contributed by atoms with Crippen molar-refractivity contribution in [2.75, 3.05) is 13.2 Å². The van der Waals surface area contributed by atoms with Gasteiger partial charge in [-0.2, -0.15) is 0 Å². The van der Waals surface area contributed by atoms with Crippen molar-refractivity contribution in [3.05, 3.63) is 60.7 Å². The van der Waals surface area contributed by atoms with E-state index in [1.807, 2.05) is 0 Å². The van der Waals surface area contributed by atoms with Crippen LogP contribution in [-0.2, 0) is 4.74 Å². The fourth-order valence-electron chi connectivity index (χ4n) is 3.70. The van der Waals surface area contributed by atoms with E-state index in [0.717, 1.165) is 13.2 Å². The SMILES string of the molecule is CC(C)[PH](c1ccccc1)(c1ccccc1)C1COC1. The molecule has 0 bridgehead atoms. The van der Waals surface area contributed by atoms with Crippen LogP contribution in [0.3, 0.4) is 0 Å². The van der Waals surface area contributed by atoms with Crippen LogP contribution in [0.2, 0.25) is 0 Å². The summed E-state index contributed by atoms with van der Waals surface area (Å²) in [6.45, 7) is 6.64. The number of hydrogen-bond donors (Lipinski definition) is 0. The molecule has 1 aliphatic heterocycles. The Labute approximate surface area is 122 Å². The predicted octanol–water partition coefficient (Wildman–Crippen LogP) is 3.19. The third-order valence-electron chi connectivity index (χ3n) is 4.70. The van der Waals surface area contributed by atoms with Gasteiger partial charge in [0.2, 0.25) is 0 Å². The Kier molecular flexibility index (Phi) is 3.92. The first-order valence-corrected chi connectivity index (χ1v) is 9.60. The molecule has 1 saturated heterocycles. The van der Waals surface area contributed by atoms with Gasteiger partial charge < -0.3 is 0 Å². The van der Waals surface area contributed by atoms with Gasteiger partial charge in [-0.05, 0) is 0 Å². The van der Waals surface area contributed by atoms with Gasteiger partial charge in [0.15, 0.2) is 0 Å². The van der Waals surface area contributed by atoms with Gasteiger partial charge in [0.1, 0.15) is 0 Å². The maximum absolute atomic E-state index is 5.57. The van der Waals surface area contributed by atoms with Crippen LogP contribution in [0, 0.1) is 0 Å². The van der Waals surface area contributed by atoms with Crippen molar-refractivity contribution in [2.45, 2.75) is 25.2 Å². The van der Waals surface area contributed by atoms with Gasteiger partial charge in [-0.15, -0.1) is 0 Å². The third-order valence-corrected chi connectivity index (χ3v) is 10.7. The minimum atomic E-state index is -1.77. The summed E-state index contributed by atoms with van der Waals surface area (Å²) in [5, 5.41) is 3.10. The Morgan fingerprint density at radius 1 is 0.850 bits per heavy atom. The summed E-state index contributed by atoms with van der Waals surface area (Å²) in [7, 11) is -1.77. The van der Waals surface area contributed by atoms with Crippen LogP contribution in [0.25, 0.3) is 0 Å². The summed E-state index contributed by atoms with van der Waals surface area (Å²) in [6, 6.07) is 22.3. The Bertz CT molecular complexity index is 507. The number of rotatable bonds is 4. The Morgan fingerprint density at radius 2 is 1.30 bits per heavy atom. The van der Waals surface area contributed by atoms with Crippen LogP contribution in [0.4, 0.5) is 0 Å². The fourth-order valence-corrected chi connectivity index (χ4v) is 9.50. The summed E-state index contributed by atoms with van der Waals surface area (Å²) in [5.41, 5.74) is 1.37. The predicted molar refractivity (Wildman–Crippen MR) is 90.2 cm³/mol. The second kappa shape index (κ2) is 5.68. The molecule has 20 heavy (non-hydrogen) atoms. The van der Waals surface area contributed by atoms with E-state index in [2.05, 4.69) is 74.5 Å². The van der Waals surface area contributed by atoms with Crippen molar-refractivity contribution in [3.8, 4) is 0 Å². The molecule has 1 nitrogen and oxygen atoms in total. The summed E-state index contributed by atoms with van der Waals surface area (Å²) in [6.07, 6.45) is 0. The first-order valence-electron chi connectivity index (χ1n) is 7.45. The van der Waals surface area contributed by atoms with Crippen molar-refractivity contribution >= 4 is 17.9 Å². The Morgan fingerprint density at radius 3 is 1.60 bits per heavy atom. The van der Waals surface area contributed by atoms with E-state index in [9.17, 15) is 0 Å². The van der Waals surface area contributed by atoms with Crippen LogP contribution in [0.5, 0.6) is 0 Å². The quantitative estimate of drug-likeness (QED) is 0.784. The van der Waals surface area contributed by atoms with Crippen LogP contribution < -0.4 is 10.6 Å². The molecular formula is C18H23OP. The van der Waals surface area contributed by atoms with Gasteiger partial charge >= 0.3 is 122 Å². The summed E-state index contributed by atoms with van der Waals surface area (Å²) in [5.74, 6) is 0. The molecule has 2 heteroatoms. The van der Waals surface area contributed by atoms with Gasteiger partial charge in [0, 0.05) is 0 Å². The van der Waals surface area contributed by atoms with Crippen LogP contribution in [0.1, 0.15) is 13.8 Å². The third kappa shape index (κ3) is 2.10. The number of ether oxygens (including phenoxy) is 1. The molecule has 1 fully saturated rings. The van der Waals surface area contributed by atoms with Gasteiger partial charge in [0.05, 0.1) is 0 Å². The molecule has 1 aliphatic rings. The molecule has 3 rings (SSSR count). The first-order chi connectivity index (χ1) is 9.76. The molecule has 0 aliphatic carbocycles. The molecule has 0 radical (unpaired) electrons. The second-order valence-electron chi connectivity index (χ2n) is 5.99. The topological polar surface area (TPSA) is 9.23 Å². The molecule has 2 aromatic carbocycles. The van der Waals surface area contributed by atoms with E-state index in [1.54, 1.807) is 10.6 Å². The first kappa shape index (κ1) is 13.8. The van der Waals surface area contributed by atoms with E-state index in [1.165, 1.54) is 0 Å². The van der Waals surface area contributed by atoms with Crippen molar-refractivity contribution in [3.63, 3.8) is 0 Å². The monoisotopic (exact) mass is 286 g/mol. The van der Waals surface area contributed by atoms with Gasteiger partial charge in [-0.1, -0.05) is 0 Å². The average molecular weight is 286 g/mol. The molecule has 2 aromatic rings. The van der Waals surface area contributed by atoms with Crippen LogP contribution in [-0.4, -0.2) is 24.5 Å². The molecule has 0 unspecified atom stereocenters. The second-order valence-corrected chi connectivity index (χ2v) is 10.9. The fraction of sp³-hybridized carbons (Fsp3) is 0.333. The summed E-state index contributed by atoms with van der Waals surface area (Å²) < 4.78 is 5.57. The van der Waals surface area contributed by atoms with E-state index in [-0.39, 0.29) is 0 Å².